The quantitative estimate of drug-likeness (QED) is 0.664. The summed E-state index contributed by atoms with van der Waals surface area (Å²) in [5.74, 6) is 0.182. The van der Waals surface area contributed by atoms with Gasteiger partial charge in [-0.2, -0.15) is 0 Å². The molecule has 0 bridgehead atoms. The number of pyridine rings is 1. The second-order valence-electron chi connectivity index (χ2n) is 6.21. The van der Waals surface area contributed by atoms with E-state index >= 15 is 0 Å². The molecule has 3 rings (SSSR count). The lowest BCUT2D eigenvalue weighted by Crippen LogP contribution is -2.14. The van der Waals surface area contributed by atoms with Crippen LogP contribution in [0.3, 0.4) is 0 Å². The van der Waals surface area contributed by atoms with Crippen LogP contribution in [0.4, 0.5) is 5.82 Å². The topological polar surface area (TPSA) is 109 Å². The molecule has 3 aromatic rings. The Morgan fingerprint density at radius 2 is 1.96 bits per heavy atom. The van der Waals surface area contributed by atoms with Gasteiger partial charge in [0.1, 0.15) is 17.9 Å². The number of carbonyl (C=O) groups excluding carboxylic acids is 2. The van der Waals surface area contributed by atoms with E-state index in [0.717, 1.165) is 24.1 Å². The zero-order chi connectivity index (χ0) is 19.6. The van der Waals surface area contributed by atoms with Gasteiger partial charge in [-0.15, -0.1) is 0 Å². The molecule has 2 N–H and O–H groups in total. The minimum Gasteiger partial charge on any atom is -0.468 e. The Labute approximate surface area is 156 Å². The molecule has 142 valence electrons. The highest BCUT2D eigenvalue weighted by Crippen LogP contribution is 2.30. The van der Waals surface area contributed by atoms with Gasteiger partial charge in [-0.3, -0.25) is 4.79 Å². The molecule has 0 amide bonds. The van der Waals surface area contributed by atoms with Gasteiger partial charge in [0.05, 0.1) is 30.8 Å². The number of nitrogens with two attached hydrogens (primary N) is 1. The highest BCUT2D eigenvalue weighted by molar-refractivity contribution is 6.08. The zero-order valence-corrected chi connectivity index (χ0v) is 15.6. The van der Waals surface area contributed by atoms with E-state index in [0.29, 0.717) is 28.5 Å². The molecule has 2 heterocycles. The van der Waals surface area contributed by atoms with Crippen LogP contribution in [0.1, 0.15) is 35.9 Å². The third-order valence-corrected chi connectivity index (χ3v) is 4.47. The summed E-state index contributed by atoms with van der Waals surface area (Å²) in [5.41, 5.74) is 8.31. The second kappa shape index (κ2) is 7.61. The maximum atomic E-state index is 12.0. The monoisotopic (exact) mass is 370 g/mol. The van der Waals surface area contributed by atoms with E-state index in [1.165, 1.54) is 14.2 Å². The highest BCUT2D eigenvalue weighted by atomic mass is 16.5. The van der Waals surface area contributed by atoms with Gasteiger partial charge in [-0.25, -0.2) is 14.8 Å². The van der Waals surface area contributed by atoms with Crippen molar-refractivity contribution in [2.24, 2.45) is 0 Å². The van der Waals surface area contributed by atoms with Crippen molar-refractivity contribution in [1.29, 1.82) is 0 Å². The number of rotatable bonds is 6. The van der Waals surface area contributed by atoms with E-state index in [9.17, 15) is 9.59 Å². The number of aromatic nitrogens is 3. The molecule has 0 unspecified atom stereocenters. The summed E-state index contributed by atoms with van der Waals surface area (Å²) in [7, 11) is 2.67. The van der Waals surface area contributed by atoms with Gasteiger partial charge in [0, 0.05) is 11.8 Å². The fraction of sp³-hybridized carbons (Fsp3) is 0.368. The van der Waals surface area contributed by atoms with Crippen LogP contribution in [-0.2, 0) is 27.2 Å². The molecular weight excluding hydrogens is 348 g/mol. The van der Waals surface area contributed by atoms with Crippen molar-refractivity contribution < 1.29 is 19.1 Å². The van der Waals surface area contributed by atoms with Crippen molar-refractivity contribution in [3.63, 3.8) is 0 Å². The van der Waals surface area contributed by atoms with Crippen LogP contribution in [0.5, 0.6) is 0 Å². The first kappa shape index (κ1) is 18.6. The summed E-state index contributed by atoms with van der Waals surface area (Å²) in [6.45, 7) is 2.12. The van der Waals surface area contributed by atoms with Gasteiger partial charge < -0.3 is 19.8 Å². The predicted molar refractivity (Wildman–Crippen MR) is 101 cm³/mol. The molecule has 0 saturated carbocycles. The van der Waals surface area contributed by atoms with Crippen LogP contribution < -0.4 is 5.73 Å². The molecule has 27 heavy (non-hydrogen) atoms. The SMILES string of the molecule is CCCCc1nc2c(N)nc3cc(C(=O)OC)ccc3c2n1CC(=O)OC. The van der Waals surface area contributed by atoms with Crippen molar-refractivity contribution >= 4 is 39.7 Å². The van der Waals surface area contributed by atoms with Crippen molar-refractivity contribution in [2.45, 2.75) is 32.7 Å². The number of methoxy groups -OCH3 is 2. The number of aryl methyl sites for hydroxylation is 1. The summed E-state index contributed by atoms with van der Waals surface area (Å²) in [4.78, 5) is 32.8. The maximum Gasteiger partial charge on any atom is 0.337 e. The molecule has 0 aliphatic rings. The molecule has 8 heteroatoms. The number of hydrogen-bond donors (Lipinski definition) is 1. The number of unbranched alkanes of at least 4 members (excludes halogenated alkanes) is 1. The number of carbonyl (C=O) groups is 2. The smallest absolute Gasteiger partial charge is 0.337 e. The number of nitrogens with zero attached hydrogens (tertiary/aromatic N) is 3. The molecule has 8 nitrogen and oxygen atoms in total. The lowest BCUT2D eigenvalue weighted by Gasteiger charge is -2.10. The third-order valence-electron chi connectivity index (χ3n) is 4.47. The fourth-order valence-corrected chi connectivity index (χ4v) is 3.09. The predicted octanol–water partition coefficient (Wildman–Crippen LogP) is 2.47. The number of anilines is 1. The van der Waals surface area contributed by atoms with Gasteiger partial charge in [-0.1, -0.05) is 13.3 Å². The van der Waals surface area contributed by atoms with E-state index < -0.39 is 5.97 Å². The van der Waals surface area contributed by atoms with E-state index in [-0.39, 0.29) is 18.3 Å². The van der Waals surface area contributed by atoms with Gasteiger partial charge in [0.2, 0.25) is 0 Å². The third kappa shape index (κ3) is 3.42. The fourth-order valence-electron chi connectivity index (χ4n) is 3.09. The van der Waals surface area contributed by atoms with Crippen molar-refractivity contribution in [2.75, 3.05) is 20.0 Å². The second-order valence-corrected chi connectivity index (χ2v) is 6.21. The summed E-state index contributed by atoms with van der Waals surface area (Å²) >= 11 is 0. The number of esters is 2. The Bertz CT molecular complexity index is 1030. The Hall–Kier alpha value is -3.16. The number of hydrogen-bond acceptors (Lipinski definition) is 7. The Morgan fingerprint density at radius 1 is 1.19 bits per heavy atom. The highest BCUT2D eigenvalue weighted by Gasteiger charge is 2.20. The summed E-state index contributed by atoms with van der Waals surface area (Å²) in [6.07, 6.45) is 2.64. The van der Waals surface area contributed by atoms with Gasteiger partial charge in [-0.05, 0) is 24.6 Å². The Balaban J connectivity index is 2.28. The number of ether oxygens (including phenoxy) is 2. The van der Waals surface area contributed by atoms with Gasteiger partial charge >= 0.3 is 11.9 Å². The summed E-state index contributed by atoms with van der Waals surface area (Å²) < 4.78 is 11.4. The van der Waals surface area contributed by atoms with Crippen LogP contribution in [-0.4, -0.2) is 40.7 Å². The van der Waals surface area contributed by atoms with E-state index in [1.54, 1.807) is 18.2 Å². The van der Waals surface area contributed by atoms with Crippen molar-refractivity contribution in [1.82, 2.24) is 14.5 Å². The molecule has 0 aliphatic carbocycles. The van der Waals surface area contributed by atoms with E-state index in [4.69, 9.17) is 15.2 Å². The average molecular weight is 370 g/mol. The molecule has 1 aromatic carbocycles. The van der Waals surface area contributed by atoms with Crippen LogP contribution >= 0.6 is 0 Å². The largest absolute Gasteiger partial charge is 0.468 e. The lowest BCUT2D eigenvalue weighted by atomic mass is 10.1. The standard InChI is InChI=1S/C19H22N4O4/c1-4-5-6-14-22-16-17(23(14)10-15(24)26-2)12-8-7-11(19(25)27-3)9-13(12)21-18(16)20/h7-9H,4-6,10H2,1-3H3,(H2,20,21). The molecule has 0 fully saturated rings. The van der Waals surface area contributed by atoms with Crippen molar-refractivity contribution in [3.05, 3.63) is 29.6 Å². The molecule has 0 radical (unpaired) electrons. The van der Waals surface area contributed by atoms with Crippen LogP contribution in [0.25, 0.3) is 21.9 Å². The van der Waals surface area contributed by atoms with Crippen molar-refractivity contribution in [3.8, 4) is 0 Å². The zero-order valence-electron chi connectivity index (χ0n) is 15.6. The first-order valence-corrected chi connectivity index (χ1v) is 8.73. The Morgan fingerprint density at radius 3 is 2.63 bits per heavy atom. The minimum atomic E-state index is -0.455. The molecule has 0 aliphatic heterocycles. The molecule has 2 aromatic heterocycles. The Kier molecular flexibility index (Phi) is 5.25. The van der Waals surface area contributed by atoms with E-state index in [1.807, 2.05) is 4.57 Å². The normalized spacial score (nSPS) is 11.1. The van der Waals surface area contributed by atoms with E-state index in [2.05, 4.69) is 16.9 Å². The molecule has 0 atom stereocenters. The lowest BCUT2D eigenvalue weighted by molar-refractivity contribution is -0.141. The van der Waals surface area contributed by atoms with Crippen LogP contribution in [0, 0.1) is 0 Å². The van der Waals surface area contributed by atoms with Crippen LogP contribution in [0.15, 0.2) is 18.2 Å². The number of nitrogen functional groups attached to an aromatic ring is 1. The minimum absolute atomic E-state index is 0.0311. The number of fused-ring (bicyclic) bond motifs is 3. The number of benzene rings is 1. The van der Waals surface area contributed by atoms with Crippen LogP contribution in [0.2, 0.25) is 0 Å². The van der Waals surface area contributed by atoms with Gasteiger partial charge in [0.15, 0.2) is 5.82 Å². The first-order valence-electron chi connectivity index (χ1n) is 8.73. The van der Waals surface area contributed by atoms with Gasteiger partial charge in [0.25, 0.3) is 0 Å². The average Bonchev–Trinajstić information content (AvgIpc) is 3.04. The molecular formula is C19H22N4O4. The summed E-state index contributed by atoms with van der Waals surface area (Å²) in [5, 5.41) is 0.756. The molecule has 0 saturated heterocycles. The first-order chi connectivity index (χ1) is 13.0. The maximum absolute atomic E-state index is 12.0. The summed E-state index contributed by atoms with van der Waals surface area (Å²) in [6, 6.07) is 5.06. The number of imidazole rings is 1. The molecule has 0 spiro atoms.